The summed E-state index contributed by atoms with van der Waals surface area (Å²) in [6.45, 7) is 0.864. The number of aromatic carboxylic acids is 1. The first kappa shape index (κ1) is 15.1. The number of carboxylic acid groups (broad SMARTS) is 1. The van der Waals surface area contributed by atoms with E-state index in [1.54, 1.807) is 31.3 Å². The van der Waals surface area contributed by atoms with Crippen molar-refractivity contribution < 1.29 is 19.1 Å². The van der Waals surface area contributed by atoms with Crippen molar-refractivity contribution in [1.29, 1.82) is 0 Å². The highest BCUT2D eigenvalue weighted by Gasteiger charge is 2.20. The maximum absolute atomic E-state index is 11.4. The van der Waals surface area contributed by atoms with Crippen molar-refractivity contribution in [2.24, 2.45) is 0 Å². The summed E-state index contributed by atoms with van der Waals surface area (Å²) in [7, 11) is 3.41. The lowest BCUT2D eigenvalue weighted by Crippen LogP contribution is -2.26. The quantitative estimate of drug-likeness (QED) is 0.846. The van der Waals surface area contributed by atoms with Crippen LogP contribution in [-0.4, -0.2) is 42.5 Å². The smallest absolute Gasteiger partial charge is 0.339 e. The lowest BCUT2D eigenvalue weighted by atomic mass is 10.1. The van der Waals surface area contributed by atoms with Crippen LogP contribution in [0.15, 0.2) is 28.7 Å². The number of fused-ring (bicyclic) bond motifs is 1. The Kier molecular flexibility index (Phi) is 4.59. The van der Waals surface area contributed by atoms with Gasteiger partial charge in [-0.25, -0.2) is 4.79 Å². The van der Waals surface area contributed by atoms with Gasteiger partial charge in [-0.2, -0.15) is 0 Å². The van der Waals surface area contributed by atoms with Crippen molar-refractivity contribution >= 4 is 22.8 Å². The highest BCUT2D eigenvalue weighted by Crippen LogP contribution is 2.26. The Morgan fingerprint density at radius 3 is 2.71 bits per heavy atom. The monoisotopic (exact) mass is 290 g/mol. The van der Waals surface area contributed by atoms with E-state index in [1.807, 2.05) is 11.9 Å². The molecular formula is C15H18N2O4. The second-order valence-electron chi connectivity index (χ2n) is 4.86. The summed E-state index contributed by atoms with van der Waals surface area (Å²) in [6, 6.07) is 7.06. The predicted molar refractivity (Wildman–Crippen MR) is 78.2 cm³/mol. The van der Waals surface area contributed by atoms with Crippen molar-refractivity contribution in [1.82, 2.24) is 10.2 Å². The van der Waals surface area contributed by atoms with Crippen LogP contribution in [0.25, 0.3) is 11.0 Å². The fourth-order valence-corrected chi connectivity index (χ4v) is 2.18. The number of benzene rings is 1. The van der Waals surface area contributed by atoms with E-state index >= 15 is 0 Å². The molecule has 0 aliphatic carbocycles. The molecule has 1 amide bonds. The Hall–Kier alpha value is -2.34. The zero-order chi connectivity index (χ0) is 15.4. The molecule has 0 radical (unpaired) electrons. The molecule has 0 aliphatic heterocycles. The molecule has 1 aromatic carbocycles. The highest BCUT2D eigenvalue weighted by molar-refractivity contribution is 6.03. The number of furan rings is 1. The van der Waals surface area contributed by atoms with Gasteiger partial charge < -0.3 is 14.8 Å². The molecule has 21 heavy (non-hydrogen) atoms. The van der Waals surface area contributed by atoms with Crippen LogP contribution in [0, 0.1) is 0 Å². The molecule has 0 aliphatic rings. The van der Waals surface area contributed by atoms with Crippen LogP contribution in [0.3, 0.4) is 0 Å². The third-order valence-electron chi connectivity index (χ3n) is 3.30. The summed E-state index contributed by atoms with van der Waals surface area (Å²) in [6.07, 6.45) is 0.357. The molecule has 1 heterocycles. The molecule has 0 unspecified atom stereocenters. The standard InChI is InChI=1S/C15H18N2O4/c1-16-13(18)7-8-17(2)9-12-14(15(19)20)10-5-3-4-6-11(10)21-12/h3-6H,7-9H2,1-2H3,(H,16,18)(H,19,20). The maximum Gasteiger partial charge on any atom is 0.339 e. The summed E-state index contributed by atoms with van der Waals surface area (Å²) >= 11 is 0. The van der Waals surface area contributed by atoms with Gasteiger partial charge in [-0.05, 0) is 13.1 Å². The first-order valence-corrected chi connectivity index (χ1v) is 6.65. The third kappa shape index (κ3) is 3.41. The van der Waals surface area contributed by atoms with Gasteiger partial charge in [-0.1, -0.05) is 18.2 Å². The van der Waals surface area contributed by atoms with Gasteiger partial charge in [0.05, 0.1) is 6.54 Å². The molecule has 0 atom stereocenters. The predicted octanol–water partition coefficient (Wildman–Crippen LogP) is 1.70. The van der Waals surface area contributed by atoms with Crippen molar-refractivity contribution in [3.63, 3.8) is 0 Å². The number of carbonyl (C=O) groups is 2. The molecule has 0 fully saturated rings. The fraction of sp³-hybridized carbons (Fsp3) is 0.333. The second-order valence-corrected chi connectivity index (χ2v) is 4.86. The summed E-state index contributed by atoms with van der Waals surface area (Å²) in [5.74, 6) is -0.650. The number of amides is 1. The number of nitrogens with zero attached hydrogens (tertiary/aromatic N) is 1. The van der Waals surface area contributed by atoms with E-state index in [1.165, 1.54) is 0 Å². The number of hydrogen-bond acceptors (Lipinski definition) is 4. The van der Waals surface area contributed by atoms with Gasteiger partial charge in [0.25, 0.3) is 0 Å². The van der Waals surface area contributed by atoms with E-state index in [0.717, 1.165) is 0 Å². The van der Waals surface area contributed by atoms with E-state index in [-0.39, 0.29) is 11.5 Å². The van der Waals surface area contributed by atoms with Gasteiger partial charge in [-0.3, -0.25) is 9.69 Å². The molecule has 2 aromatic rings. The first-order valence-electron chi connectivity index (χ1n) is 6.65. The van der Waals surface area contributed by atoms with E-state index in [9.17, 15) is 14.7 Å². The van der Waals surface area contributed by atoms with Gasteiger partial charge in [0.1, 0.15) is 16.9 Å². The molecule has 112 valence electrons. The number of rotatable bonds is 6. The van der Waals surface area contributed by atoms with Crippen molar-refractivity contribution in [2.45, 2.75) is 13.0 Å². The summed E-state index contributed by atoms with van der Waals surface area (Å²) < 4.78 is 5.64. The highest BCUT2D eigenvalue weighted by atomic mass is 16.4. The average Bonchev–Trinajstić information content (AvgIpc) is 2.82. The topological polar surface area (TPSA) is 82.8 Å². The normalized spacial score (nSPS) is 11.0. The van der Waals surface area contributed by atoms with E-state index in [2.05, 4.69) is 5.32 Å². The van der Waals surface area contributed by atoms with Gasteiger partial charge >= 0.3 is 5.97 Å². The van der Waals surface area contributed by atoms with Crippen LogP contribution in [-0.2, 0) is 11.3 Å². The zero-order valence-corrected chi connectivity index (χ0v) is 12.0. The van der Waals surface area contributed by atoms with Crippen LogP contribution < -0.4 is 5.32 Å². The Balaban J connectivity index is 2.19. The fourth-order valence-electron chi connectivity index (χ4n) is 2.18. The van der Waals surface area contributed by atoms with E-state index in [0.29, 0.717) is 36.2 Å². The molecule has 0 bridgehead atoms. The molecule has 1 aromatic heterocycles. The Bertz CT molecular complexity index is 663. The number of hydrogen-bond donors (Lipinski definition) is 2. The maximum atomic E-state index is 11.4. The van der Waals surface area contributed by atoms with E-state index < -0.39 is 5.97 Å². The second kappa shape index (κ2) is 6.41. The van der Waals surface area contributed by atoms with Gasteiger partial charge in [0.2, 0.25) is 5.91 Å². The van der Waals surface area contributed by atoms with E-state index in [4.69, 9.17) is 4.42 Å². The number of carbonyl (C=O) groups excluding carboxylic acids is 1. The number of nitrogens with one attached hydrogen (secondary N) is 1. The number of carboxylic acids is 1. The van der Waals surface area contributed by atoms with Crippen LogP contribution in [0.2, 0.25) is 0 Å². The molecule has 0 spiro atoms. The summed E-state index contributed by atoms with van der Waals surface area (Å²) in [4.78, 5) is 24.5. The third-order valence-corrected chi connectivity index (χ3v) is 3.30. The van der Waals surface area contributed by atoms with Gasteiger partial charge in [0, 0.05) is 25.4 Å². The molecule has 6 heteroatoms. The van der Waals surface area contributed by atoms with Crippen molar-refractivity contribution in [3.05, 3.63) is 35.6 Å². The molecule has 0 saturated carbocycles. The van der Waals surface area contributed by atoms with Crippen molar-refractivity contribution in [2.75, 3.05) is 20.6 Å². The molecule has 6 nitrogen and oxygen atoms in total. The first-order chi connectivity index (χ1) is 10.0. The Morgan fingerprint density at radius 2 is 2.05 bits per heavy atom. The SMILES string of the molecule is CNC(=O)CCN(C)Cc1oc2ccccc2c1C(=O)O. The van der Waals surface area contributed by atoms with Crippen LogP contribution in [0.5, 0.6) is 0 Å². The summed E-state index contributed by atoms with van der Waals surface area (Å²) in [5, 5.41) is 12.5. The molecule has 2 rings (SSSR count). The molecular weight excluding hydrogens is 272 g/mol. The van der Waals surface area contributed by atoms with Gasteiger partial charge in [-0.15, -0.1) is 0 Å². The zero-order valence-electron chi connectivity index (χ0n) is 12.0. The summed E-state index contributed by atoms with van der Waals surface area (Å²) in [5.41, 5.74) is 0.752. The molecule has 0 saturated heterocycles. The Labute approximate surface area is 122 Å². The van der Waals surface area contributed by atoms with Crippen LogP contribution in [0.4, 0.5) is 0 Å². The van der Waals surface area contributed by atoms with Gasteiger partial charge in [0.15, 0.2) is 0 Å². The average molecular weight is 290 g/mol. The van der Waals surface area contributed by atoms with Crippen LogP contribution in [0.1, 0.15) is 22.5 Å². The Morgan fingerprint density at radius 1 is 1.33 bits per heavy atom. The molecule has 2 N–H and O–H groups in total. The minimum atomic E-state index is -1.00. The lowest BCUT2D eigenvalue weighted by molar-refractivity contribution is -0.120. The number of para-hydroxylation sites is 1. The van der Waals surface area contributed by atoms with Crippen LogP contribution >= 0.6 is 0 Å². The van der Waals surface area contributed by atoms with Crippen molar-refractivity contribution in [3.8, 4) is 0 Å². The minimum absolute atomic E-state index is 0.0510. The largest absolute Gasteiger partial charge is 0.478 e. The minimum Gasteiger partial charge on any atom is -0.478 e. The lowest BCUT2D eigenvalue weighted by Gasteiger charge is -2.14.